The third kappa shape index (κ3) is 16.9. The van der Waals surface area contributed by atoms with Gasteiger partial charge in [-0.15, -0.1) is 0 Å². The lowest BCUT2D eigenvalue weighted by Crippen LogP contribution is -2.54. The first-order chi connectivity index (χ1) is 16.2. The molecule has 200 valence electrons. The number of hydrogen-bond donors (Lipinski definition) is 3. The molecule has 0 saturated heterocycles. The molecule has 6 heteroatoms. The molecule has 6 nitrogen and oxygen atoms in total. The molecule has 0 aromatic rings. The summed E-state index contributed by atoms with van der Waals surface area (Å²) < 4.78 is 0. The molecule has 0 aliphatic carbocycles. The average Bonchev–Trinajstić information content (AvgIpc) is 2.77. The standard InChI is InChI=1S/C28H54N2O4/c1-6-7-8-9-10-11-12-13-14-15-16-17-18-19-20-21-24(31)29-25(22(2)3)27(32)30-26(23(4)5)28(33)34/h22-23,25-26H,6-21H2,1-5H3,(H,29,31)(H,30,32)(H,33,34)/t25-,26+/m1/s1. The van der Waals surface area contributed by atoms with Gasteiger partial charge in [0.05, 0.1) is 0 Å². The molecule has 3 N–H and O–H groups in total. The Labute approximate surface area is 209 Å². The zero-order chi connectivity index (χ0) is 25.8. The highest BCUT2D eigenvalue weighted by molar-refractivity contribution is 5.90. The van der Waals surface area contributed by atoms with Gasteiger partial charge in [-0.1, -0.05) is 125 Å². The minimum absolute atomic E-state index is 0.119. The minimum Gasteiger partial charge on any atom is -0.480 e. The van der Waals surface area contributed by atoms with Crippen molar-refractivity contribution in [3.63, 3.8) is 0 Å². The summed E-state index contributed by atoms with van der Waals surface area (Å²) in [5.41, 5.74) is 0. The fourth-order valence-corrected chi connectivity index (χ4v) is 4.19. The number of carbonyl (C=O) groups is 3. The summed E-state index contributed by atoms with van der Waals surface area (Å²) in [5, 5.41) is 14.7. The molecule has 0 saturated carbocycles. The lowest BCUT2D eigenvalue weighted by Gasteiger charge is -2.25. The second-order valence-corrected chi connectivity index (χ2v) is 10.6. The molecule has 0 aliphatic heterocycles. The third-order valence-electron chi connectivity index (χ3n) is 6.50. The van der Waals surface area contributed by atoms with Crippen LogP contribution in [0.4, 0.5) is 0 Å². The molecule has 34 heavy (non-hydrogen) atoms. The Hall–Kier alpha value is -1.59. The summed E-state index contributed by atoms with van der Waals surface area (Å²) in [6, 6.07) is -1.68. The van der Waals surface area contributed by atoms with E-state index < -0.39 is 24.0 Å². The minimum atomic E-state index is -1.06. The van der Waals surface area contributed by atoms with E-state index in [9.17, 15) is 19.5 Å². The summed E-state index contributed by atoms with van der Waals surface area (Å²) >= 11 is 0. The summed E-state index contributed by atoms with van der Waals surface area (Å²) in [5.74, 6) is -1.98. The van der Waals surface area contributed by atoms with Gasteiger partial charge in [0.25, 0.3) is 0 Å². The molecule has 0 aromatic carbocycles. The van der Waals surface area contributed by atoms with Crippen molar-refractivity contribution in [2.24, 2.45) is 11.8 Å². The number of carboxylic acids is 1. The van der Waals surface area contributed by atoms with Crippen molar-refractivity contribution in [2.75, 3.05) is 0 Å². The number of unbranched alkanes of at least 4 members (excludes halogenated alkanes) is 14. The van der Waals surface area contributed by atoms with E-state index in [1.54, 1.807) is 13.8 Å². The Kier molecular flexibility index (Phi) is 19.8. The van der Waals surface area contributed by atoms with Gasteiger partial charge >= 0.3 is 5.97 Å². The lowest BCUT2D eigenvalue weighted by molar-refractivity contribution is -0.143. The van der Waals surface area contributed by atoms with Crippen LogP contribution < -0.4 is 10.6 Å². The van der Waals surface area contributed by atoms with Crippen LogP contribution in [0.2, 0.25) is 0 Å². The Morgan fingerprint density at radius 3 is 1.32 bits per heavy atom. The first kappa shape index (κ1) is 32.4. The van der Waals surface area contributed by atoms with E-state index in [-0.39, 0.29) is 17.7 Å². The maximum Gasteiger partial charge on any atom is 0.326 e. The van der Waals surface area contributed by atoms with Gasteiger partial charge < -0.3 is 15.7 Å². The molecule has 2 atom stereocenters. The van der Waals surface area contributed by atoms with Crippen molar-refractivity contribution in [2.45, 2.75) is 149 Å². The first-order valence-corrected chi connectivity index (χ1v) is 14.0. The second kappa shape index (κ2) is 20.8. The molecule has 0 fully saturated rings. The highest BCUT2D eigenvalue weighted by atomic mass is 16.4. The van der Waals surface area contributed by atoms with E-state index >= 15 is 0 Å². The second-order valence-electron chi connectivity index (χ2n) is 10.6. The van der Waals surface area contributed by atoms with Crippen LogP contribution in [0.1, 0.15) is 137 Å². The van der Waals surface area contributed by atoms with Crippen molar-refractivity contribution in [3.05, 3.63) is 0 Å². The molecule has 0 unspecified atom stereocenters. The Morgan fingerprint density at radius 2 is 0.971 bits per heavy atom. The van der Waals surface area contributed by atoms with Crippen LogP contribution in [-0.4, -0.2) is 35.0 Å². The average molecular weight is 483 g/mol. The van der Waals surface area contributed by atoms with Gasteiger partial charge in [0.1, 0.15) is 12.1 Å². The van der Waals surface area contributed by atoms with Crippen LogP contribution >= 0.6 is 0 Å². The largest absolute Gasteiger partial charge is 0.480 e. The van der Waals surface area contributed by atoms with Crippen molar-refractivity contribution in [1.82, 2.24) is 10.6 Å². The molecule has 0 aromatic heterocycles. The molecular formula is C28H54N2O4. The number of carboxylic acid groups (broad SMARTS) is 1. The SMILES string of the molecule is CCCCCCCCCCCCCCCCCC(=O)N[C@@H](C(=O)N[C@H](C(=O)O)C(C)C)C(C)C. The van der Waals surface area contributed by atoms with Crippen LogP contribution in [0.15, 0.2) is 0 Å². The number of aliphatic carboxylic acids is 1. The number of hydrogen-bond acceptors (Lipinski definition) is 3. The fraction of sp³-hybridized carbons (Fsp3) is 0.893. The Balaban J connectivity index is 3.87. The molecule has 0 bridgehead atoms. The normalized spacial score (nSPS) is 13.1. The van der Waals surface area contributed by atoms with Crippen LogP contribution in [-0.2, 0) is 14.4 Å². The van der Waals surface area contributed by atoms with Crippen LogP contribution in [0.5, 0.6) is 0 Å². The van der Waals surface area contributed by atoms with Crippen molar-refractivity contribution < 1.29 is 19.5 Å². The maximum absolute atomic E-state index is 12.6. The molecule has 0 aliphatic rings. The maximum atomic E-state index is 12.6. The Morgan fingerprint density at radius 1 is 0.588 bits per heavy atom. The molecule has 0 spiro atoms. The van der Waals surface area contributed by atoms with E-state index in [4.69, 9.17) is 0 Å². The monoisotopic (exact) mass is 482 g/mol. The van der Waals surface area contributed by atoms with Gasteiger partial charge in [0.2, 0.25) is 11.8 Å². The topological polar surface area (TPSA) is 95.5 Å². The summed E-state index contributed by atoms with van der Waals surface area (Å²) in [6.07, 6.45) is 19.6. The zero-order valence-electron chi connectivity index (χ0n) is 22.8. The summed E-state index contributed by atoms with van der Waals surface area (Å²) in [4.78, 5) is 36.3. The van der Waals surface area contributed by atoms with E-state index in [1.807, 2.05) is 13.8 Å². The molecule has 0 heterocycles. The fourth-order valence-electron chi connectivity index (χ4n) is 4.19. The van der Waals surface area contributed by atoms with Gasteiger partial charge in [0.15, 0.2) is 0 Å². The highest BCUT2D eigenvalue weighted by Crippen LogP contribution is 2.14. The van der Waals surface area contributed by atoms with Gasteiger partial charge in [-0.05, 0) is 18.3 Å². The predicted octanol–water partition coefficient (Wildman–Crippen LogP) is 6.61. The predicted molar refractivity (Wildman–Crippen MR) is 141 cm³/mol. The van der Waals surface area contributed by atoms with Crippen LogP contribution in [0.3, 0.4) is 0 Å². The van der Waals surface area contributed by atoms with E-state index in [0.717, 1.165) is 19.3 Å². The van der Waals surface area contributed by atoms with Crippen molar-refractivity contribution in [3.8, 4) is 0 Å². The van der Waals surface area contributed by atoms with E-state index in [1.165, 1.54) is 77.0 Å². The smallest absolute Gasteiger partial charge is 0.326 e. The van der Waals surface area contributed by atoms with Crippen LogP contribution in [0.25, 0.3) is 0 Å². The number of carbonyl (C=O) groups excluding carboxylic acids is 2. The van der Waals surface area contributed by atoms with Gasteiger partial charge in [-0.25, -0.2) is 4.79 Å². The van der Waals surface area contributed by atoms with Gasteiger partial charge in [-0.2, -0.15) is 0 Å². The quantitative estimate of drug-likeness (QED) is 0.151. The third-order valence-corrected chi connectivity index (χ3v) is 6.50. The van der Waals surface area contributed by atoms with E-state index in [0.29, 0.717) is 6.42 Å². The first-order valence-electron chi connectivity index (χ1n) is 14.0. The van der Waals surface area contributed by atoms with E-state index in [2.05, 4.69) is 17.6 Å². The summed E-state index contributed by atoms with van der Waals surface area (Å²) in [6.45, 7) is 9.46. The van der Waals surface area contributed by atoms with Crippen molar-refractivity contribution >= 4 is 17.8 Å². The molecule has 2 amide bonds. The van der Waals surface area contributed by atoms with Crippen LogP contribution in [0, 0.1) is 11.8 Å². The van der Waals surface area contributed by atoms with Gasteiger partial charge in [0, 0.05) is 6.42 Å². The lowest BCUT2D eigenvalue weighted by atomic mass is 10.00. The number of nitrogens with one attached hydrogen (secondary N) is 2. The Bertz CT molecular complexity index is 549. The summed E-state index contributed by atoms with van der Waals surface area (Å²) in [7, 11) is 0. The molecule has 0 radical (unpaired) electrons. The van der Waals surface area contributed by atoms with Crippen molar-refractivity contribution in [1.29, 1.82) is 0 Å². The highest BCUT2D eigenvalue weighted by Gasteiger charge is 2.29. The molecular weight excluding hydrogens is 428 g/mol. The number of rotatable bonds is 22. The number of amides is 2. The zero-order valence-corrected chi connectivity index (χ0v) is 22.8. The van der Waals surface area contributed by atoms with Gasteiger partial charge in [-0.3, -0.25) is 9.59 Å². The molecule has 0 rings (SSSR count).